The second-order valence-electron chi connectivity index (χ2n) is 4.58. The Morgan fingerprint density at radius 2 is 1.63 bits per heavy atom. The Bertz CT molecular complexity index is 537. The Kier molecular flexibility index (Phi) is 4.42. The van der Waals surface area contributed by atoms with Crippen molar-refractivity contribution in [3.63, 3.8) is 0 Å². The fraction of sp³-hybridized carbons (Fsp3) is 0.250. The van der Waals surface area contributed by atoms with Gasteiger partial charge in [0, 0.05) is 0 Å². The molecule has 1 unspecified atom stereocenters. The first-order chi connectivity index (χ1) is 9.17. The number of benzene rings is 2. The zero-order valence-corrected chi connectivity index (χ0v) is 10.9. The molecule has 0 aliphatic rings. The number of hydrogen-bond acceptors (Lipinski definition) is 3. The van der Waals surface area contributed by atoms with Crippen molar-refractivity contribution < 1.29 is 14.9 Å². The fourth-order valence-electron chi connectivity index (χ4n) is 2.10. The molecule has 0 saturated carbocycles. The van der Waals surface area contributed by atoms with Crippen LogP contribution in [-0.2, 0) is 12.8 Å². The minimum Gasteiger partial charge on any atom is -0.508 e. The molecule has 0 bridgehead atoms. The molecule has 0 spiro atoms. The van der Waals surface area contributed by atoms with E-state index in [4.69, 9.17) is 4.74 Å². The molecule has 19 heavy (non-hydrogen) atoms. The number of aliphatic hydroxyl groups is 1. The largest absolute Gasteiger partial charge is 0.508 e. The van der Waals surface area contributed by atoms with E-state index in [2.05, 4.69) is 0 Å². The van der Waals surface area contributed by atoms with Crippen molar-refractivity contribution in [2.45, 2.75) is 18.9 Å². The van der Waals surface area contributed by atoms with Gasteiger partial charge in [-0.1, -0.05) is 24.3 Å². The lowest BCUT2D eigenvalue weighted by Gasteiger charge is -2.11. The van der Waals surface area contributed by atoms with Crippen LogP contribution in [0.1, 0.15) is 11.1 Å². The van der Waals surface area contributed by atoms with Gasteiger partial charge in [0.15, 0.2) is 0 Å². The van der Waals surface area contributed by atoms with Gasteiger partial charge in [-0.05, 0) is 48.2 Å². The first-order valence-electron chi connectivity index (χ1n) is 6.26. The monoisotopic (exact) mass is 258 g/mol. The average Bonchev–Trinajstić information content (AvgIpc) is 2.38. The van der Waals surface area contributed by atoms with E-state index in [0.29, 0.717) is 12.8 Å². The Balaban J connectivity index is 1.98. The molecule has 1 atom stereocenters. The minimum absolute atomic E-state index is 0.228. The van der Waals surface area contributed by atoms with Crippen molar-refractivity contribution >= 4 is 0 Å². The van der Waals surface area contributed by atoms with Crippen LogP contribution in [0.2, 0.25) is 0 Å². The van der Waals surface area contributed by atoms with Crippen LogP contribution in [0.4, 0.5) is 0 Å². The van der Waals surface area contributed by atoms with Crippen molar-refractivity contribution in [1.29, 1.82) is 0 Å². The van der Waals surface area contributed by atoms with Gasteiger partial charge in [0.1, 0.15) is 11.5 Å². The quantitative estimate of drug-likeness (QED) is 0.866. The van der Waals surface area contributed by atoms with Crippen LogP contribution in [0.5, 0.6) is 11.5 Å². The fourth-order valence-corrected chi connectivity index (χ4v) is 2.10. The lowest BCUT2D eigenvalue weighted by molar-refractivity contribution is 0.175. The summed E-state index contributed by atoms with van der Waals surface area (Å²) >= 11 is 0. The number of rotatable bonds is 5. The molecule has 3 heteroatoms. The first kappa shape index (κ1) is 13.4. The van der Waals surface area contributed by atoms with Crippen LogP contribution in [-0.4, -0.2) is 23.4 Å². The maximum Gasteiger partial charge on any atom is 0.119 e. The van der Waals surface area contributed by atoms with Gasteiger partial charge in [0.05, 0.1) is 13.2 Å². The van der Waals surface area contributed by atoms with Gasteiger partial charge in [-0.3, -0.25) is 0 Å². The van der Waals surface area contributed by atoms with Crippen molar-refractivity contribution in [2.75, 3.05) is 7.11 Å². The molecule has 0 saturated heterocycles. The molecule has 0 aromatic heterocycles. The predicted octanol–water partition coefficient (Wildman–Crippen LogP) is 2.55. The topological polar surface area (TPSA) is 49.7 Å². The summed E-state index contributed by atoms with van der Waals surface area (Å²) < 4.78 is 5.16. The van der Waals surface area contributed by atoms with Crippen LogP contribution in [0.15, 0.2) is 48.5 Å². The molecule has 0 fully saturated rings. The molecule has 0 amide bonds. The van der Waals surface area contributed by atoms with E-state index in [-0.39, 0.29) is 5.75 Å². The van der Waals surface area contributed by atoms with E-state index < -0.39 is 6.10 Å². The third-order valence-electron chi connectivity index (χ3n) is 2.99. The van der Waals surface area contributed by atoms with Gasteiger partial charge in [-0.2, -0.15) is 0 Å². The summed E-state index contributed by atoms with van der Waals surface area (Å²) in [4.78, 5) is 0. The highest BCUT2D eigenvalue weighted by molar-refractivity contribution is 5.30. The summed E-state index contributed by atoms with van der Waals surface area (Å²) in [6, 6.07) is 14.7. The predicted molar refractivity (Wildman–Crippen MR) is 74.5 cm³/mol. The molecule has 0 aliphatic heterocycles. The number of ether oxygens (including phenoxy) is 1. The molecule has 2 aromatic rings. The third-order valence-corrected chi connectivity index (χ3v) is 2.99. The van der Waals surface area contributed by atoms with Crippen LogP contribution in [0, 0.1) is 0 Å². The number of phenolic OH excluding ortho intramolecular Hbond substituents is 1. The smallest absolute Gasteiger partial charge is 0.119 e. The second-order valence-corrected chi connectivity index (χ2v) is 4.58. The number of aliphatic hydroxyl groups excluding tert-OH is 1. The van der Waals surface area contributed by atoms with E-state index >= 15 is 0 Å². The molecule has 100 valence electrons. The maximum atomic E-state index is 10.1. The zero-order chi connectivity index (χ0) is 13.7. The van der Waals surface area contributed by atoms with E-state index in [1.807, 2.05) is 30.3 Å². The van der Waals surface area contributed by atoms with Gasteiger partial charge < -0.3 is 14.9 Å². The van der Waals surface area contributed by atoms with Crippen LogP contribution in [0.3, 0.4) is 0 Å². The zero-order valence-electron chi connectivity index (χ0n) is 10.9. The second kappa shape index (κ2) is 6.25. The molecule has 2 N–H and O–H groups in total. The minimum atomic E-state index is -0.478. The molecular formula is C16H18O3. The highest BCUT2D eigenvalue weighted by Gasteiger charge is 2.08. The van der Waals surface area contributed by atoms with Gasteiger partial charge in [-0.25, -0.2) is 0 Å². The normalized spacial score (nSPS) is 12.1. The van der Waals surface area contributed by atoms with Crippen LogP contribution >= 0.6 is 0 Å². The van der Waals surface area contributed by atoms with E-state index in [9.17, 15) is 10.2 Å². The van der Waals surface area contributed by atoms with Crippen molar-refractivity contribution in [3.8, 4) is 11.5 Å². The Morgan fingerprint density at radius 3 is 2.26 bits per heavy atom. The highest BCUT2D eigenvalue weighted by Crippen LogP contribution is 2.17. The number of phenols is 1. The molecule has 0 heterocycles. The molecule has 0 aliphatic carbocycles. The van der Waals surface area contributed by atoms with Crippen molar-refractivity contribution in [2.24, 2.45) is 0 Å². The summed E-state index contributed by atoms with van der Waals surface area (Å²) in [5.41, 5.74) is 1.96. The Morgan fingerprint density at radius 1 is 1.00 bits per heavy atom. The van der Waals surface area contributed by atoms with Gasteiger partial charge in [0.25, 0.3) is 0 Å². The van der Waals surface area contributed by atoms with Crippen LogP contribution in [0.25, 0.3) is 0 Å². The number of methoxy groups -OCH3 is 1. The SMILES string of the molecule is COc1cccc(CC(O)Cc2cccc(O)c2)c1. The summed E-state index contributed by atoms with van der Waals surface area (Å²) in [7, 11) is 1.63. The van der Waals surface area contributed by atoms with E-state index in [1.165, 1.54) is 0 Å². The van der Waals surface area contributed by atoms with Crippen molar-refractivity contribution in [1.82, 2.24) is 0 Å². The molecule has 3 nitrogen and oxygen atoms in total. The lowest BCUT2D eigenvalue weighted by Crippen LogP contribution is -2.13. The average molecular weight is 258 g/mol. The molecule has 2 rings (SSSR count). The third kappa shape index (κ3) is 4.00. The van der Waals surface area contributed by atoms with Gasteiger partial charge in [0.2, 0.25) is 0 Å². The van der Waals surface area contributed by atoms with Gasteiger partial charge in [-0.15, -0.1) is 0 Å². The van der Waals surface area contributed by atoms with E-state index in [0.717, 1.165) is 16.9 Å². The Hall–Kier alpha value is -2.00. The molecule has 0 radical (unpaired) electrons. The highest BCUT2D eigenvalue weighted by atomic mass is 16.5. The Labute approximate surface area is 113 Å². The van der Waals surface area contributed by atoms with E-state index in [1.54, 1.807) is 25.3 Å². The standard InChI is InChI=1S/C16H18O3/c1-19-16-7-3-5-13(11-16)10-15(18)9-12-4-2-6-14(17)8-12/h2-8,11,15,17-18H,9-10H2,1H3. The number of hydrogen-bond donors (Lipinski definition) is 2. The van der Waals surface area contributed by atoms with Crippen LogP contribution < -0.4 is 4.74 Å². The summed E-state index contributed by atoms with van der Waals surface area (Å²) in [6.45, 7) is 0. The maximum absolute atomic E-state index is 10.1. The summed E-state index contributed by atoms with van der Waals surface area (Å²) in [6.07, 6.45) is 0.604. The van der Waals surface area contributed by atoms with Gasteiger partial charge >= 0.3 is 0 Å². The molecular weight excluding hydrogens is 240 g/mol. The van der Waals surface area contributed by atoms with Crippen molar-refractivity contribution in [3.05, 3.63) is 59.7 Å². The number of aromatic hydroxyl groups is 1. The molecule has 2 aromatic carbocycles. The summed E-state index contributed by atoms with van der Waals surface area (Å²) in [5, 5.41) is 19.5. The first-order valence-corrected chi connectivity index (χ1v) is 6.26. The summed E-state index contributed by atoms with van der Waals surface area (Å²) in [5.74, 6) is 1.02. The lowest BCUT2D eigenvalue weighted by atomic mass is 10.0.